The lowest BCUT2D eigenvalue weighted by Crippen LogP contribution is -2.46. The minimum absolute atomic E-state index is 0.198. The Balaban J connectivity index is 1.78. The number of halogens is 2. The van der Waals surface area contributed by atoms with Crippen molar-refractivity contribution in [1.82, 2.24) is 10.2 Å². The van der Waals surface area contributed by atoms with Crippen molar-refractivity contribution in [2.75, 3.05) is 13.1 Å². The maximum Gasteiger partial charge on any atom is 0.317 e. The predicted octanol–water partition coefficient (Wildman–Crippen LogP) is 1.68. The van der Waals surface area contributed by atoms with Gasteiger partial charge >= 0.3 is 12.0 Å². The fourth-order valence-electron chi connectivity index (χ4n) is 2.60. The van der Waals surface area contributed by atoms with Crippen LogP contribution in [-0.4, -0.2) is 47.1 Å². The lowest BCUT2D eigenvalue weighted by Gasteiger charge is -2.30. The molecular weight excluding hydrogens is 258 g/mol. The number of aliphatic carboxylic acids is 1. The van der Waals surface area contributed by atoms with Gasteiger partial charge in [-0.2, -0.15) is 0 Å². The molecule has 0 radical (unpaired) electrons. The molecule has 1 heterocycles. The zero-order chi connectivity index (χ0) is 14.0. The molecule has 1 atom stereocenters. The lowest BCUT2D eigenvalue weighted by molar-refractivity contribution is -0.141. The van der Waals surface area contributed by atoms with Gasteiger partial charge < -0.3 is 15.3 Å². The SMILES string of the molecule is O=C(O)C1CCN(C(=O)NC2CCC(F)(F)CC2)C1. The zero-order valence-electron chi connectivity index (χ0n) is 10.6. The molecule has 1 aliphatic carbocycles. The number of carboxylic acids is 1. The zero-order valence-corrected chi connectivity index (χ0v) is 10.6. The number of nitrogens with zero attached hydrogens (tertiary/aromatic N) is 1. The summed E-state index contributed by atoms with van der Waals surface area (Å²) in [6, 6.07) is -0.560. The average Bonchev–Trinajstić information content (AvgIpc) is 2.81. The normalized spacial score (nSPS) is 27.3. The molecule has 0 spiro atoms. The number of alkyl halides is 2. The highest BCUT2D eigenvalue weighted by molar-refractivity contribution is 5.77. The molecule has 5 nitrogen and oxygen atoms in total. The molecule has 1 saturated heterocycles. The van der Waals surface area contributed by atoms with E-state index in [9.17, 15) is 18.4 Å². The minimum Gasteiger partial charge on any atom is -0.481 e. The van der Waals surface area contributed by atoms with Crippen LogP contribution in [0.2, 0.25) is 0 Å². The molecule has 2 rings (SSSR count). The first-order valence-electron chi connectivity index (χ1n) is 6.53. The number of hydrogen-bond acceptors (Lipinski definition) is 2. The Morgan fingerprint density at radius 2 is 1.84 bits per heavy atom. The van der Waals surface area contributed by atoms with Gasteiger partial charge in [-0.05, 0) is 19.3 Å². The van der Waals surface area contributed by atoms with Gasteiger partial charge in [0.1, 0.15) is 0 Å². The first-order valence-corrected chi connectivity index (χ1v) is 6.53. The number of urea groups is 1. The molecule has 2 amide bonds. The highest BCUT2D eigenvalue weighted by Crippen LogP contribution is 2.33. The van der Waals surface area contributed by atoms with Crippen molar-refractivity contribution in [3.8, 4) is 0 Å². The van der Waals surface area contributed by atoms with Crippen LogP contribution in [0.5, 0.6) is 0 Å². The Kier molecular flexibility index (Phi) is 3.91. The Morgan fingerprint density at radius 1 is 1.21 bits per heavy atom. The molecular formula is C12H18F2N2O3. The van der Waals surface area contributed by atoms with Gasteiger partial charge in [0.25, 0.3) is 0 Å². The third-order valence-electron chi connectivity index (χ3n) is 3.87. The Bertz CT molecular complexity index is 366. The van der Waals surface area contributed by atoms with Gasteiger partial charge in [0, 0.05) is 32.0 Å². The predicted molar refractivity (Wildman–Crippen MR) is 63.1 cm³/mol. The smallest absolute Gasteiger partial charge is 0.317 e. The number of rotatable bonds is 2. The number of carbonyl (C=O) groups is 2. The van der Waals surface area contributed by atoms with Crippen LogP contribution in [0.3, 0.4) is 0 Å². The lowest BCUT2D eigenvalue weighted by atomic mass is 9.92. The summed E-state index contributed by atoms with van der Waals surface area (Å²) in [4.78, 5) is 24.1. The van der Waals surface area contributed by atoms with Crippen LogP contribution in [0.15, 0.2) is 0 Å². The fraction of sp³-hybridized carbons (Fsp3) is 0.833. The summed E-state index contributed by atoms with van der Waals surface area (Å²) in [5, 5.41) is 11.6. The summed E-state index contributed by atoms with van der Waals surface area (Å²) >= 11 is 0. The van der Waals surface area contributed by atoms with Crippen molar-refractivity contribution >= 4 is 12.0 Å². The van der Waals surface area contributed by atoms with Gasteiger partial charge in [-0.1, -0.05) is 0 Å². The largest absolute Gasteiger partial charge is 0.481 e. The minimum atomic E-state index is -2.61. The van der Waals surface area contributed by atoms with E-state index in [0.717, 1.165) is 0 Å². The van der Waals surface area contributed by atoms with E-state index in [1.807, 2.05) is 0 Å². The highest BCUT2D eigenvalue weighted by atomic mass is 19.3. The Morgan fingerprint density at radius 3 is 2.37 bits per heavy atom. The van der Waals surface area contributed by atoms with Crippen LogP contribution in [0.1, 0.15) is 32.1 Å². The van der Waals surface area contributed by atoms with Crippen molar-refractivity contribution in [3.63, 3.8) is 0 Å². The molecule has 108 valence electrons. The second-order valence-electron chi connectivity index (χ2n) is 5.35. The van der Waals surface area contributed by atoms with Gasteiger partial charge in [-0.25, -0.2) is 13.6 Å². The van der Waals surface area contributed by atoms with E-state index in [0.29, 0.717) is 13.0 Å². The molecule has 2 N–H and O–H groups in total. The Labute approximate surface area is 109 Å². The van der Waals surface area contributed by atoms with Crippen LogP contribution in [0, 0.1) is 5.92 Å². The van der Waals surface area contributed by atoms with Gasteiger partial charge in [-0.3, -0.25) is 4.79 Å². The maximum atomic E-state index is 13.0. The van der Waals surface area contributed by atoms with Gasteiger partial charge in [0.05, 0.1) is 5.92 Å². The van der Waals surface area contributed by atoms with Crippen LogP contribution in [-0.2, 0) is 4.79 Å². The number of carboxylic acid groups (broad SMARTS) is 1. The summed E-state index contributed by atoms with van der Waals surface area (Å²) in [6.07, 6.45) is 0.598. The molecule has 0 bridgehead atoms. The Hall–Kier alpha value is -1.40. The third kappa shape index (κ3) is 3.54. The van der Waals surface area contributed by atoms with E-state index in [-0.39, 0.29) is 44.3 Å². The van der Waals surface area contributed by atoms with E-state index in [2.05, 4.69) is 5.32 Å². The van der Waals surface area contributed by atoms with E-state index in [1.165, 1.54) is 4.90 Å². The van der Waals surface area contributed by atoms with Crippen molar-refractivity contribution < 1.29 is 23.5 Å². The van der Waals surface area contributed by atoms with Crippen molar-refractivity contribution in [2.45, 2.75) is 44.1 Å². The summed E-state index contributed by atoms with van der Waals surface area (Å²) in [6.45, 7) is 0.607. The van der Waals surface area contributed by atoms with Gasteiger partial charge in [0.2, 0.25) is 5.92 Å². The fourth-order valence-corrected chi connectivity index (χ4v) is 2.60. The number of amides is 2. The van der Waals surface area contributed by atoms with Gasteiger partial charge in [0.15, 0.2) is 0 Å². The van der Waals surface area contributed by atoms with Gasteiger partial charge in [-0.15, -0.1) is 0 Å². The van der Waals surface area contributed by atoms with Crippen molar-refractivity contribution in [2.24, 2.45) is 5.92 Å². The van der Waals surface area contributed by atoms with Crippen LogP contribution >= 0.6 is 0 Å². The monoisotopic (exact) mass is 276 g/mol. The van der Waals surface area contributed by atoms with E-state index < -0.39 is 17.8 Å². The molecule has 7 heteroatoms. The van der Waals surface area contributed by atoms with E-state index in [4.69, 9.17) is 5.11 Å². The van der Waals surface area contributed by atoms with Crippen molar-refractivity contribution in [1.29, 1.82) is 0 Å². The second kappa shape index (κ2) is 5.30. The highest BCUT2D eigenvalue weighted by Gasteiger charge is 2.37. The number of nitrogens with one attached hydrogen (secondary N) is 1. The molecule has 1 saturated carbocycles. The molecule has 1 unspecified atom stereocenters. The van der Waals surface area contributed by atoms with Crippen LogP contribution in [0.4, 0.5) is 13.6 Å². The van der Waals surface area contributed by atoms with Crippen molar-refractivity contribution in [3.05, 3.63) is 0 Å². The molecule has 2 aliphatic rings. The number of likely N-dealkylation sites (tertiary alicyclic amines) is 1. The number of carbonyl (C=O) groups excluding carboxylic acids is 1. The topological polar surface area (TPSA) is 69.6 Å². The molecule has 1 aliphatic heterocycles. The first-order chi connectivity index (χ1) is 8.87. The summed E-state index contributed by atoms with van der Waals surface area (Å²) in [5.41, 5.74) is 0. The van der Waals surface area contributed by atoms with Crippen LogP contribution < -0.4 is 5.32 Å². The summed E-state index contributed by atoms with van der Waals surface area (Å²) < 4.78 is 25.9. The molecule has 0 aromatic rings. The molecule has 0 aromatic heterocycles. The average molecular weight is 276 g/mol. The third-order valence-corrected chi connectivity index (χ3v) is 3.87. The quantitative estimate of drug-likeness (QED) is 0.806. The molecule has 2 fully saturated rings. The molecule has 19 heavy (non-hydrogen) atoms. The van der Waals surface area contributed by atoms with Crippen LogP contribution in [0.25, 0.3) is 0 Å². The van der Waals surface area contributed by atoms with E-state index in [1.54, 1.807) is 0 Å². The standard InChI is InChI=1S/C12H18F2N2O3/c13-12(14)4-1-9(2-5-12)15-11(19)16-6-3-8(7-16)10(17)18/h8-9H,1-7H2,(H,15,19)(H,17,18). The second-order valence-corrected chi connectivity index (χ2v) is 5.35. The summed E-state index contributed by atoms with van der Waals surface area (Å²) in [5.74, 6) is -4.02. The summed E-state index contributed by atoms with van der Waals surface area (Å²) in [7, 11) is 0. The van der Waals surface area contributed by atoms with E-state index >= 15 is 0 Å². The maximum absolute atomic E-state index is 13.0. The first kappa shape index (κ1) is 14.0. The number of hydrogen-bond donors (Lipinski definition) is 2. The molecule has 0 aromatic carbocycles.